The van der Waals surface area contributed by atoms with E-state index >= 15 is 0 Å². The van der Waals surface area contributed by atoms with Gasteiger partial charge < -0.3 is 15.5 Å². The summed E-state index contributed by atoms with van der Waals surface area (Å²) in [4.78, 5) is 30.1. The second-order valence-corrected chi connectivity index (χ2v) is 7.99. The zero-order chi connectivity index (χ0) is 16.0. The highest BCUT2D eigenvalue weighted by molar-refractivity contribution is 7.12. The van der Waals surface area contributed by atoms with E-state index in [0.717, 1.165) is 43.6 Å². The summed E-state index contributed by atoms with van der Waals surface area (Å²) in [6.45, 7) is 2.30. The minimum absolute atomic E-state index is 0. The molecule has 3 heterocycles. The minimum Gasteiger partial charge on any atom is -0.340 e. The maximum absolute atomic E-state index is 13.0. The van der Waals surface area contributed by atoms with Crippen molar-refractivity contribution in [3.63, 3.8) is 0 Å². The van der Waals surface area contributed by atoms with Crippen LogP contribution in [0.2, 0.25) is 0 Å². The SMILES string of the molecule is Cl.NC1CCC2CN(C(=O)C3CCCN3C(=O)c3cccs3)CC12. The normalized spacial score (nSPS) is 31.9. The van der Waals surface area contributed by atoms with Crippen molar-refractivity contribution >= 4 is 35.6 Å². The highest BCUT2D eigenvalue weighted by atomic mass is 35.5. The maximum atomic E-state index is 13.0. The molecule has 0 radical (unpaired) electrons. The number of likely N-dealkylation sites (tertiary alicyclic amines) is 2. The number of nitrogens with two attached hydrogens (primary N) is 1. The number of thiophene rings is 1. The Morgan fingerprint density at radius 1 is 1.21 bits per heavy atom. The van der Waals surface area contributed by atoms with Crippen molar-refractivity contribution in [3.8, 4) is 0 Å². The van der Waals surface area contributed by atoms with Crippen LogP contribution in [-0.4, -0.2) is 53.3 Å². The van der Waals surface area contributed by atoms with Crippen LogP contribution in [0, 0.1) is 11.8 Å². The number of hydrogen-bond acceptors (Lipinski definition) is 4. The van der Waals surface area contributed by atoms with Gasteiger partial charge in [-0.25, -0.2) is 0 Å². The van der Waals surface area contributed by atoms with Gasteiger partial charge in [0.25, 0.3) is 5.91 Å². The molecule has 7 heteroatoms. The molecule has 0 bridgehead atoms. The summed E-state index contributed by atoms with van der Waals surface area (Å²) in [5.41, 5.74) is 6.17. The quantitative estimate of drug-likeness (QED) is 0.866. The van der Waals surface area contributed by atoms with Crippen LogP contribution in [0.25, 0.3) is 0 Å². The molecule has 5 nitrogen and oxygen atoms in total. The Hall–Kier alpha value is -1.11. The number of amides is 2. The first-order valence-electron chi connectivity index (χ1n) is 8.54. The molecular weight excluding hydrogens is 346 g/mol. The van der Waals surface area contributed by atoms with Gasteiger partial charge in [0, 0.05) is 25.7 Å². The summed E-state index contributed by atoms with van der Waals surface area (Å²) in [7, 11) is 0. The lowest BCUT2D eigenvalue weighted by molar-refractivity contribution is -0.134. The van der Waals surface area contributed by atoms with Gasteiger partial charge in [-0.15, -0.1) is 23.7 Å². The van der Waals surface area contributed by atoms with Gasteiger partial charge in [0.05, 0.1) is 4.88 Å². The van der Waals surface area contributed by atoms with Crippen LogP contribution in [-0.2, 0) is 4.79 Å². The number of carbonyl (C=O) groups is 2. The van der Waals surface area contributed by atoms with E-state index in [1.807, 2.05) is 22.4 Å². The fraction of sp³-hybridized carbons (Fsp3) is 0.647. The topological polar surface area (TPSA) is 66.6 Å². The molecule has 1 saturated carbocycles. The molecule has 3 fully saturated rings. The fourth-order valence-corrected chi connectivity index (χ4v) is 5.19. The van der Waals surface area contributed by atoms with Crippen molar-refractivity contribution in [1.82, 2.24) is 9.80 Å². The summed E-state index contributed by atoms with van der Waals surface area (Å²) in [6.07, 6.45) is 3.92. The molecule has 4 atom stereocenters. The standard InChI is InChI=1S/C17H23N3O2S.ClH/c18-13-6-5-11-9-19(10-12(11)13)16(21)14-3-1-7-20(14)17(22)15-4-2-8-23-15;/h2,4,8,11-14H,1,3,5-7,9-10,18H2;1H. The highest BCUT2D eigenvalue weighted by Crippen LogP contribution is 2.38. The van der Waals surface area contributed by atoms with E-state index < -0.39 is 0 Å². The highest BCUT2D eigenvalue weighted by Gasteiger charge is 2.45. The molecule has 2 aliphatic heterocycles. The zero-order valence-electron chi connectivity index (χ0n) is 13.6. The monoisotopic (exact) mass is 369 g/mol. The second kappa shape index (κ2) is 7.02. The molecule has 2 N–H and O–H groups in total. The van der Waals surface area contributed by atoms with E-state index in [4.69, 9.17) is 5.73 Å². The molecule has 1 aromatic heterocycles. The predicted octanol–water partition coefficient (Wildman–Crippen LogP) is 1.97. The lowest BCUT2D eigenvalue weighted by Gasteiger charge is -2.28. The van der Waals surface area contributed by atoms with Crippen molar-refractivity contribution < 1.29 is 9.59 Å². The molecule has 1 aromatic rings. The van der Waals surface area contributed by atoms with Crippen LogP contribution >= 0.6 is 23.7 Å². The van der Waals surface area contributed by atoms with Gasteiger partial charge in [-0.2, -0.15) is 0 Å². The number of carbonyl (C=O) groups excluding carboxylic acids is 2. The number of nitrogens with zero attached hydrogens (tertiary/aromatic N) is 2. The van der Waals surface area contributed by atoms with E-state index in [1.165, 1.54) is 11.3 Å². The molecule has 132 valence electrons. The third-order valence-electron chi connectivity index (χ3n) is 5.75. The van der Waals surface area contributed by atoms with Gasteiger partial charge in [0.2, 0.25) is 5.91 Å². The largest absolute Gasteiger partial charge is 0.340 e. The summed E-state index contributed by atoms with van der Waals surface area (Å²) < 4.78 is 0. The van der Waals surface area contributed by atoms with Crippen molar-refractivity contribution in [2.24, 2.45) is 17.6 Å². The third kappa shape index (κ3) is 2.95. The summed E-state index contributed by atoms with van der Waals surface area (Å²) >= 11 is 1.45. The molecule has 0 aromatic carbocycles. The first-order valence-corrected chi connectivity index (χ1v) is 9.42. The fourth-order valence-electron chi connectivity index (χ4n) is 4.51. The summed E-state index contributed by atoms with van der Waals surface area (Å²) in [6, 6.07) is 3.69. The number of rotatable bonds is 2. The smallest absolute Gasteiger partial charge is 0.264 e. The van der Waals surface area contributed by atoms with Crippen molar-refractivity contribution in [2.75, 3.05) is 19.6 Å². The Balaban J connectivity index is 0.00000169. The maximum Gasteiger partial charge on any atom is 0.264 e. The number of hydrogen-bond donors (Lipinski definition) is 1. The Morgan fingerprint density at radius 3 is 2.75 bits per heavy atom. The molecule has 24 heavy (non-hydrogen) atoms. The second-order valence-electron chi connectivity index (χ2n) is 7.04. The molecule has 4 rings (SSSR count). The predicted molar refractivity (Wildman–Crippen MR) is 96.4 cm³/mol. The van der Waals surface area contributed by atoms with Gasteiger partial charge in [-0.3, -0.25) is 9.59 Å². The molecule has 2 amide bonds. The Labute approximate surface area is 152 Å². The Kier molecular flexibility index (Phi) is 5.18. The van der Waals surface area contributed by atoms with Gasteiger partial charge >= 0.3 is 0 Å². The van der Waals surface area contributed by atoms with Crippen molar-refractivity contribution in [3.05, 3.63) is 22.4 Å². The van der Waals surface area contributed by atoms with Gasteiger partial charge in [0.15, 0.2) is 0 Å². The van der Waals surface area contributed by atoms with Crippen LogP contribution in [0.3, 0.4) is 0 Å². The van der Waals surface area contributed by atoms with Crippen LogP contribution in [0.5, 0.6) is 0 Å². The molecule has 4 unspecified atom stereocenters. The van der Waals surface area contributed by atoms with Crippen LogP contribution in [0.1, 0.15) is 35.4 Å². The minimum atomic E-state index is -0.278. The Bertz CT molecular complexity index is 609. The average Bonchev–Trinajstić information content (AvgIpc) is 3.32. The summed E-state index contributed by atoms with van der Waals surface area (Å²) in [5.74, 6) is 1.17. The van der Waals surface area contributed by atoms with Crippen molar-refractivity contribution in [2.45, 2.75) is 37.8 Å². The van der Waals surface area contributed by atoms with Crippen molar-refractivity contribution in [1.29, 1.82) is 0 Å². The first-order chi connectivity index (χ1) is 11.1. The number of halogens is 1. The third-order valence-corrected chi connectivity index (χ3v) is 6.61. The molecule has 0 spiro atoms. The van der Waals surface area contributed by atoms with Crippen LogP contribution in [0.15, 0.2) is 17.5 Å². The zero-order valence-corrected chi connectivity index (χ0v) is 15.2. The lowest BCUT2D eigenvalue weighted by atomic mass is 9.98. The van der Waals surface area contributed by atoms with E-state index in [1.54, 1.807) is 4.90 Å². The van der Waals surface area contributed by atoms with Crippen LogP contribution < -0.4 is 5.73 Å². The van der Waals surface area contributed by atoms with Crippen LogP contribution in [0.4, 0.5) is 0 Å². The van der Waals surface area contributed by atoms with E-state index in [-0.39, 0.29) is 36.3 Å². The molecule has 1 aliphatic carbocycles. The van der Waals surface area contributed by atoms with E-state index in [0.29, 0.717) is 18.4 Å². The molecular formula is C17H24ClN3O2S. The molecule has 2 saturated heterocycles. The van der Waals surface area contributed by atoms with Gasteiger partial charge in [0.1, 0.15) is 6.04 Å². The first kappa shape index (κ1) is 17.7. The summed E-state index contributed by atoms with van der Waals surface area (Å²) in [5, 5.41) is 1.91. The average molecular weight is 370 g/mol. The van der Waals surface area contributed by atoms with E-state index in [9.17, 15) is 9.59 Å². The van der Waals surface area contributed by atoms with Gasteiger partial charge in [-0.05, 0) is 49.0 Å². The van der Waals surface area contributed by atoms with E-state index in [2.05, 4.69) is 0 Å². The number of fused-ring (bicyclic) bond motifs is 1. The van der Waals surface area contributed by atoms with Gasteiger partial charge in [-0.1, -0.05) is 6.07 Å². The Morgan fingerprint density at radius 2 is 2.04 bits per heavy atom. The molecule has 3 aliphatic rings. The lowest BCUT2D eigenvalue weighted by Crippen LogP contribution is -2.47.